The van der Waals surface area contributed by atoms with Crippen molar-refractivity contribution in [1.29, 1.82) is 5.26 Å². The Morgan fingerprint density at radius 2 is 2.14 bits per heavy atom. The molecule has 2 N–H and O–H groups in total. The first-order valence-corrected chi connectivity index (χ1v) is 6.38. The SMILES string of the molecule is N#Cc1ccc(OCCCn2cc(N)ccc2=O)cc1F. The van der Waals surface area contributed by atoms with Crippen molar-refractivity contribution >= 4 is 5.69 Å². The smallest absolute Gasteiger partial charge is 0.250 e. The summed E-state index contributed by atoms with van der Waals surface area (Å²) in [5.74, 6) is -0.256. The van der Waals surface area contributed by atoms with E-state index in [4.69, 9.17) is 15.7 Å². The van der Waals surface area contributed by atoms with E-state index in [-0.39, 0.29) is 11.1 Å². The van der Waals surface area contributed by atoms with Crippen LogP contribution >= 0.6 is 0 Å². The molecular formula is C15H14FN3O2. The molecule has 0 aliphatic heterocycles. The summed E-state index contributed by atoms with van der Waals surface area (Å²) in [6, 6.07) is 8.78. The van der Waals surface area contributed by atoms with Crippen molar-refractivity contribution in [1.82, 2.24) is 4.57 Å². The maximum Gasteiger partial charge on any atom is 0.250 e. The third-order valence-corrected chi connectivity index (χ3v) is 2.88. The zero-order valence-electron chi connectivity index (χ0n) is 11.3. The number of pyridine rings is 1. The van der Waals surface area contributed by atoms with E-state index in [0.29, 0.717) is 31.0 Å². The monoisotopic (exact) mass is 287 g/mol. The number of benzene rings is 1. The van der Waals surface area contributed by atoms with Crippen molar-refractivity contribution in [3.63, 3.8) is 0 Å². The predicted molar refractivity (Wildman–Crippen MR) is 76.3 cm³/mol. The Morgan fingerprint density at radius 1 is 1.33 bits per heavy atom. The van der Waals surface area contributed by atoms with Gasteiger partial charge in [0.1, 0.15) is 17.6 Å². The second kappa shape index (κ2) is 6.57. The van der Waals surface area contributed by atoms with Crippen LogP contribution in [0.2, 0.25) is 0 Å². The molecule has 0 amide bonds. The minimum Gasteiger partial charge on any atom is -0.493 e. The molecule has 5 nitrogen and oxygen atoms in total. The highest BCUT2D eigenvalue weighted by Gasteiger charge is 2.03. The standard InChI is InChI=1S/C15H14FN3O2/c16-14-8-13(4-2-11(14)9-17)21-7-1-6-19-10-12(18)3-5-15(19)20/h2-5,8,10H,1,6-7,18H2. The lowest BCUT2D eigenvalue weighted by Crippen LogP contribution is -2.20. The number of nitrogens with two attached hydrogens (primary N) is 1. The normalized spacial score (nSPS) is 10.1. The van der Waals surface area contributed by atoms with Gasteiger partial charge < -0.3 is 15.0 Å². The number of rotatable bonds is 5. The van der Waals surface area contributed by atoms with Gasteiger partial charge in [-0.25, -0.2) is 4.39 Å². The van der Waals surface area contributed by atoms with Gasteiger partial charge in [-0.05, 0) is 24.6 Å². The van der Waals surface area contributed by atoms with Gasteiger partial charge in [0.05, 0.1) is 12.2 Å². The van der Waals surface area contributed by atoms with Crippen LogP contribution in [0.4, 0.5) is 10.1 Å². The highest BCUT2D eigenvalue weighted by atomic mass is 19.1. The lowest BCUT2D eigenvalue weighted by molar-refractivity contribution is 0.299. The summed E-state index contributed by atoms with van der Waals surface area (Å²) in [6.45, 7) is 0.787. The molecular weight excluding hydrogens is 273 g/mol. The molecule has 1 aromatic heterocycles. The predicted octanol–water partition coefficient (Wildman–Crippen LogP) is 1.91. The van der Waals surface area contributed by atoms with Gasteiger partial charge in [0.25, 0.3) is 5.56 Å². The topological polar surface area (TPSA) is 81.0 Å². The zero-order chi connectivity index (χ0) is 15.2. The fourth-order valence-electron chi connectivity index (χ4n) is 1.83. The number of halogens is 1. The molecule has 21 heavy (non-hydrogen) atoms. The molecule has 2 aromatic rings. The summed E-state index contributed by atoms with van der Waals surface area (Å²) in [5.41, 5.74) is 5.98. The Kier molecular flexibility index (Phi) is 4.57. The highest BCUT2D eigenvalue weighted by molar-refractivity contribution is 5.36. The number of ether oxygens (including phenoxy) is 1. The first-order valence-electron chi connectivity index (χ1n) is 6.38. The summed E-state index contributed by atoms with van der Waals surface area (Å²) >= 11 is 0. The van der Waals surface area contributed by atoms with Crippen molar-refractivity contribution in [3.8, 4) is 11.8 Å². The highest BCUT2D eigenvalue weighted by Crippen LogP contribution is 2.16. The van der Waals surface area contributed by atoms with Crippen LogP contribution in [0.5, 0.6) is 5.75 Å². The number of hydrogen-bond acceptors (Lipinski definition) is 4. The van der Waals surface area contributed by atoms with Crippen molar-refractivity contribution in [2.24, 2.45) is 0 Å². The van der Waals surface area contributed by atoms with Crippen LogP contribution in [-0.4, -0.2) is 11.2 Å². The van der Waals surface area contributed by atoms with E-state index in [1.54, 1.807) is 18.3 Å². The molecule has 0 atom stereocenters. The molecule has 0 spiro atoms. The van der Waals surface area contributed by atoms with Gasteiger partial charge in [0, 0.05) is 30.6 Å². The van der Waals surface area contributed by atoms with Crippen molar-refractivity contribution in [2.75, 3.05) is 12.3 Å². The molecule has 1 heterocycles. The second-order valence-corrected chi connectivity index (χ2v) is 4.45. The number of anilines is 1. The number of hydrogen-bond donors (Lipinski definition) is 1. The molecule has 0 radical (unpaired) electrons. The third kappa shape index (κ3) is 3.83. The molecule has 0 unspecified atom stereocenters. The zero-order valence-corrected chi connectivity index (χ0v) is 11.3. The van der Waals surface area contributed by atoms with Gasteiger partial charge in [-0.15, -0.1) is 0 Å². The molecule has 0 bridgehead atoms. The maximum absolute atomic E-state index is 13.4. The largest absolute Gasteiger partial charge is 0.493 e. The molecule has 1 aromatic carbocycles. The Bertz CT molecular complexity index is 734. The van der Waals surface area contributed by atoms with Crippen LogP contribution in [0.25, 0.3) is 0 Å². The summed E-state index contributed by atoms with van der Waals surface area (Å²) in [6.07, 6.45) is 2.15. The number of nitrogen functional groups attached to an aromatic ring is 1. The van der Waals surface area contributed by atoms with Crippen LogP contribution in [0.3, 0.4) is 0 Å². The van der Waals surface area contributed by atoms with Crippen LogP contribution in [-0.2, 0) is 6.54 Å². The first kappa shape index (κ1) is 14.6. The van der Waals surface area contributed by atoms with Crippen LogP contribution < -0.4 is 16.0 Å². The van der Waals surface area contributed by atoms with Gasteiger partial charge in [-0.1, -0.05) is 0 Å². The summed E-state index contributed by atoms with van der Waals surface area (Å²) in [7, 11) is 0. The Morgan fingerprint density at radius 3 is 2.86 bits per heavy atom. The summed E-state index contributed by atoms with van der Waals surface area (Å²) < 4.78 is 20.2. The van der Waals surface area contributed by atoms with E-state index >= 15 is 0 Å². The molecule has 0 aliphatic rings. The van der Waals surface area contributed by atoms with E-state index < -0.39 is 5.82 Å². The molecule has 6 heteroatoms. The quantitative estimate of drug-likeness (QED) is 0.852. The lowest BCUT2D eigenvalue weighted by atomic mass is 10.2. The lowest BCUT2D eigenvalue weighted by Gasteiger charge is -2.08. The minimum absolute atomic E-state index is 0.0198. The van der Waals surface area contributed by atoms with E-state index in [1.165, 1.54) is 28.8 Å². The molecule has 0 aliphatic carbocycles. The molecule has 0 saturated heterocycles. The first-order chi connectivity index (χ1) is 10.1. The van der Waals surface area contributed by atoms with Gasteiger partial charge in [0.15, 0.2) is 0 Å². The van der Waals surface area contributed by atoms with Gasteiger partial charge in [-0.2, -0.15) is 5.26 Å². The summed E-state index contributed by atoms with van der Waals surface area (Å²) in [5, 5.41) is 8.62. The number of nitriles is 1. The fourth-order valence-corrected chi connectivity index (χ4v) is 1.83. The Labute approximate surface area is 121 Å². The van der Waals surface area contributed by atoms with Gasteiger partial charge >= 0.3 is 0 Å². The summed E-state index contributed by atoms with van der Waals surface area (Å²) in [4.78, 5) is 11.5. The average molecular weight is 287 g/mol. The average Bonchev–Trinajstić information content (AvgIpc) is 2.47. The number of nitrogens with zero attached hydrogens (tertiary/aromatic N) is 2. The molecule has 2 rings (SSSR count). The van der Waals surface area contributed by atoms with E-state index in [9.17, 15) is 9.18 Å². The molecule has 108 valence electrons. The number of aryl methyl sites for hydroxylation is 1. The molecule has 0 saturated carbocycles. The van der Waals surface area contributed by atoms with Gasteiger partial charge in [0.2, 0.25) is 0 Å². The second-order valence-electron chi connectivity index (χ2n) is 4.45. The minimum atomic E-state index is -0.609. The van der Waals surface area contributed by atoms with Crippen molar-refractivity contribution in [2.45, 2.75) is 13.0 Å². The van der Waals surface area contributed by atoms with Gasteiger partial charge in [-0.3, -0.25) is 4.79 Å². The number of aromatic nitrogens is 1. The Hall–Kier alpha value is -2.81. The fraction of sp³-hybridized carbons (Fsp3) is 0.200. The van der Waals surface area contributed by atoms with E-state index in [2.05, 4.69) is 0 Å². The van der Waals surface area contributed by atoms with E-state index in [1.807, 2.05) is 0 Å². The molecule has 0 fully saturated rings. The van der Waals surface area contributed by atoms with Crippen LogP contribution in [0, 0.1) is 17.1 Å². The van der Waals surface area contributed by atoms with Crippen LogP contribution in [0.1, 0.15) is 12.0 Å². The Balaban J connectivity index is 1.88. The van der Waals surface area contributed by atoms with Crippen molar-refractivity contribution < 1.29 is 9.13 Å². The maximum atomic E-state index is 13.4. The van der Waals surface area contributed by atoms with Crippen LogP contribution in [0.15, 0.2) is 41.3 Å². The third-order valence-electron chi connectivity index (χ3n) is 2.88. The van der Waals surface area contributed by atoms with E-state index in [0.717, 1.165) is 0 Å². The van der Waals surface area contributed by atoms with Crippen molar-refractivity contribution in [3.05, 3.63) is 58.3 Å².